The Morgan fingerprint density at radius 2 is 2.10 bits per heavy atom. The average molecular weight is 287 g/mol. The van der Waals surface area contributed by atoms with E-state index in [0.717, 1.165) is 17.2 Å². The van der Waals surface area contributed by atoms with E-state index in [2.05, 4.69) is 5.32 Å². The molecule has 0 amide bonds. The number of aromatic carboxylic acids is 1. The molecule has 4 nitrogen and oxygen atoms in total. The van der Waals surface area contributed by atoms with E-state index in [0.29, 0.717) is 18.9 Å². The van der Waals surface area contributed by atoms with E-state index >= 15 is 0 Å². The SMILES string of the molecule is O=C(O)c1cc(NC2COCc3ccccc32)ccc1F. The number of benzene rings is 2. The third-order valence-electron chi connectivity index (χ3n) is 3.51. The first-order chi connectivity index (χ1) is 10.1. The van der Waals surface area contributed by atoms with Crippen LogP contribution in [0.4, 0.5) is 10.1 Å². The lowest BCUT2D eigenvalue weighted by molar-refractivity contribution is 0.0692. The Bertz CT molecular complexity index is 687. The van der Waals surface area contributed by atoms with Gasteiger partial charge in [0.15, 0.2) is 0 Å². The number of carboxylic acid groups (broad SMARTS) is 1. The second kappa shape index (κ2) is 5.54. The van der Waals surface area contributed by atoms with E-state index in [4.69, 9.17) is 9.84 Å². The topological polar surface area (TPSA) is 58.6 Å². The third kappa shape index (κ3) is 2.73. The highest BCUT2D eigenvalue weighted by molar-refractivity contribution is 5.89. The van der Waals surface area contributed by atoms with Gasteiger partial charge in [-0.25, -0.2) is 9.18 Å². The molecule has 1 heterocycles. The fourth-order valence-electron chi connectivity index (χ4n) is 2.48. The van der Waals surface area contributed by atoms with E-state index in [1.54, 1.807) is 0 Å². The second-order valence-electron chi connectivity index (χ2n) is 4.91. The normalized spacial score (nSPS) is 17.1. The third-order valence-corrected chi connectivity index (χ3v) is 3.51. The van der Waals surface area contributed by atoms with Gasteiger partial charge in [-0.3, -0.25) is 0 Å². The van der Waals surface area contributed by atoms with E-state index in [1.165, 1.54) is 12.1 Å². The minimum absolute atomic E-state index is 0.0814. The summed E-state index contributed by atoms with van der Waals surface area (Å²) in [4.78, 5) is 11.0. The molecule has 3 rings (SSSR count). The van der Waals surface area contributed by atoms with E-state index < -0.39 is 11.8 Å². The summed E-state index contributed by atoms with van der Waals surface area (Å²) in [5.41, 5.74) is 2.43. The minimum Gasteiger partial charge on any atom is -0.478 e. The molecule has 1 atom stereocenters. The van der Waals surface area contributed by atoms with Crippen molar-refractivity contribution in [3.05, 3.63) is 65.0 Å². The number of carboxylic acids is 1. The highest BCUT2D eigenvalue weighted by Gasteiger charge is 2.21. The number of carbonyl (C=O) groups is 1. The molecular weight excluding hydrogens is 273 g/mol. The van der Waals surface area contributed by atoms with Gasteiger partial charge < -0.3 is 15.2 Å². The monoisotopic (exact) mass is 287 g/mol. The largest absolute Gasteiger partial charge is 0.478 e. The van der Waals surface area contributed by atoms with Gasteiger partial charge in [0.25, 0.3) is 0 Å². The molecule has 108 valence electrons. The van der Waals surface area contributed by atoms with Gasteiger partial charge in [-0.2, -0.15) is 0 Å². The lowest BCUT2D eigenvalue weighted by Crippen LogP contribution is -2.23. The molecule has 1 aliphatic heterocycles. The van der Waals surface area contributed by atoms with Crippen LogP contribution < -0.4 is 5.32 Å². The summed E-state index contributed by atoms with van der Waals surface area (Å²) in [6, 6.07) is 11.8. The van der Waals surface area contributed by atoms with Crippen LogP contribution in [-0.2, 0) is 11.3 Å². The highest BCUT2D eigenvalue weighted by atomic mass is 19.1. The molecule has 0 radical (unpaired) electrons. The minimum atomic E-state index is -1.28. The second-order valence-corrected chi connectivity index (χ2v) is 4.91. The first-order valence-electron chi connectivity index (χ1n) is 6.60. The summed E-state index contributed by atoms with van der Waals surface area (Å²) in [5.74, 6) is -2.02. The van der Waals surface area contributed by atoms with Crippen LogP contribution in [0, 0.1) is 5.82 Å². The number of rotatable bonds is 3. The number of fused-ring (bicyclic) bond motifs is 1. The zero-order valence-corrected chi connectivity index (χ0v) is 11.2. The number of ether oxygens (including phenoxy) is 1. The Morgan fingerprint density at radius 3 is 2.90 bits per heavy atom. The zero-order valence-electron chi connectivity index (χ0n) is 11.2. The Kier molecular flexibility index (Phi) is 3.58. The molecule has 2 aromatic carbocycles. The van der Waals surface area contributed by atoms with Gasteiger partial charge in [-0.15, -0.1) is 0 Å². The molecule has 0 saturated heterocycles. The summed E-state index contributed by atoms with van der Waals surface area (Å²) in [7, 11) is 0. The quantitative estimate of drug-likeness (QED) is 0.910. The van der Waals surface area contributed by atoms with Crippen LogP contribution in [0.15, 0.2) is 42.5 Å². The number of anilines is 1. The van der Waals surface area contributed by atoms with Gasteiger partial charge in [0.2, 0.25) is 0 Å². The standard InChI is InChI=1S/C16H14FNO3/c17-14-6-5-11(7-13(14)16(19)20)18-15-9-21-8-10-3-1-2-4-12(10)15/h1-7,15,18H,8-9H2,(H,19,20). The Hall–Kier alpha value is -2.40. The molecule has 1 aliphatic rings. The lowest BCUT2D eigenvalue weighted by atomic mass is 9.99. The van der Waals surface area contributed by atoms with Crippen molar-refractivity contribution in [2.45, 2.75) is 12.6 Å². The fraction of sp³-hybridized carbons (Fsp3) is 0.188. The zero-order chi connectivity index (χ0) is 14.8. The first-order valence-corrected chi connectivity index (χ1v) is 6.60. The molecule has 0 fully saturated rings. The molecule has 0 aromatic heterocycles. The fourth-order valence-corrected chi connectivity index (χ4v) is 2.48. The summed E-state index contributed by atoms with van der Waals surface area (Å²) in [6.07, 6.45) is 0. The molecule has 1 unspecified atom stereocenters. The number of hydrogen-bond donors (Lipinski definition) is 2. The van der Waals surface area contributed by atoms with Crippen LogP contribution in [0.5, 0.6) is 0 Å². The lowest BCUT2D eigenvalue weighted by Gasteiger charge is -2.27. The molecule has 0 spiro atoms. The van der Waals surface area contributed by atoms with Crippen molar-refractivity contribution < 1.29 is 19.0 Å². The molecule has 0 aliphatic carbocycles. The maximum absolute atomic E-state index is 13.4. The summed E-state index contributed by atoms with van der Waals surface area (Å²) < 4.78 is 18.9. The van der Waals surface area contributed by atoms with Gasteiger partial charge in [0.1, 0.15) is 5.82 Å². The smallest absolute Gasteiger partial charge is 0.338 e. The molecule has 5 heteroatoms. The van der Waals surface area contributed by atoms with E-state index in [-0.39, 0.29) is 11.6 Å². The summed E-state index contributed by atoms with van der Waals surface area (Å²) in [5, 5.41) is 12.2. The Morgan fingerprint density at radius 1 is 1.29 bits per heavy atom. The van der Waals surface area contributed by atoms with Gasteiger partial charge >= 0.3 is 5.97 Å². The molecular formula is C16H14FNO3. The molecule has 2 N–H and O–H groups in total. The number of hydrogen-bond acceptors (Lipinski definition) is 3. The number of halogens is 1. The summed E-state index contributed by atoms with van der Waals surface area (Å²) in [6.45, 7) is 1.05. The van der Waals surface area contributed by atoms with Gasteiger partial charge in [-0.1, -0.05) is 24.3 Å². The van der Waals surface area contributed by atoms with Crippen molar-refractivity contribution in [1.29, 1.82) is 0 Å². The average Bonchev–Trinajstić information content (AvgIpc) is 2.49. The van der Waals surface area contributed by atoms with Crippen LogP contribution in [0.25, 0.3) is 0 Å². The van der Waals surface area contributed by atoms with Crippen molar-refractivity contribution in [2.24, 2.45) is 0 Å². The molecule has 21 heavy (non-hydrogen) atoms. The molecule has 2 aromatic rings. The predicted octanol–water partition coefficient (Wildman–Crippen LogP) is 3.21. The molecule has 0 bridgehead atoms. The van der Waals surface area contributed by atoms with Crippen LogP contribution in [0.2, 0.25) is 0 Å². The molecule has 0 saturated carbocycles. The van der Waals surface area contributed by atoms with Crippen molar-refractivity contribution in [1.82, 2.24) is 0 Å². The van der Waals surface area contributed by atoms with Crippen molar-refractivity contribution in [2.75, 3.05) is 11.9 Å². The van der Waals surface area contributed by atoms with Crippen molar-refractivity contribution in [3.63, 3.8) is 0 Å². The van der Waals surface area contributed by atoms with E-state index in [9.17, 15) is 9.18 Å². The maximum Gasteiger partial charge on any atom is 0.338 e. The van der Waals surface area contributed by atoms with E-state index in [1.807, 2.05) is 24.3 Å². The van der Waals surface area contributed by atoms with Crippen molar-refractivity contribution >= 4 is 11.7 Å². The van der Waals surface area contributed by atoms with Gasteiger partial charge in [0.05, 0.1) is 24.8 Å². The number of nitrogens with one attached hydrogen (secondary N) is 1. The van der Waals surface area contributed by atoms with Crippen LogP contribution >= 0.6 is 0 Å². The maximum atomic E-state index is 13.4. The Balaban J connectivity index is 1.88. The predicted molar refractivity (Wildman–Crippen MR) is 75.8 cm³/mol. The van der Waals surface area contributed by atoms with Gasteiger partial charge in [-0.05, 0) is 29.3 Å². The first kappa shape index (κ1) is 13.6. The van der Waals surface area contributed by atoms with Gasteiger partial charge in [0, 0.05) is 5.69 Å². The van der Waals surface area contributed by atoms with Crippen molar-refractivity contribution in [3.8, 4) is 0 Å². The van der Waals surface area contributed by atoms with Crippen LogP contribution in [0.1, 0.15) is 27.5 Å². The Labute approximate surface area is 121 Å². The van der Waals surface area contributed by atoms with Crippen LogP contribution in [-0.4, -0.2) is 17.7 Å². The summed E-state index contributed by atoms with van der Waals surface area (Å²) >= 11 is 0. The van der Waals surface area contributed by atoms with Crippen LogP contribution in [0.3, 0.4) is 0 Å². The highest BCUT2D eigenvalue weighted by Crippen LogP contribution is 2.28.